The average molecular weight is 259 g/mol. The van der Waals surface area contributed by atoms with Gasteiger partial charge in [0.2, 0.25) is 0 Å². The molecule has 0 aliphatic rings. The zero-order valence-corrected chi connectivity index (χ0v) is 11.7. The molecule has 1 aromatic heterocycles. The number of aryl methyl sites for hydroxylation is 1. The number of aromatic nitrogens is 1. The summed E-state index contributed by atoms with van der Waals surface area (Å²) in [4.78, 5) is 4.40. The Balaban J connectivity index is 2.42. The van der Waals surface area contributed by atoms with E-state index in [2.05, 4.69) is 10.3 Å². The van der Waals surface area contributed by atoms with Gasteiger partial charge < -0.3 is 16.2 Å². The van der Waals surface area contributed by atoms with E-state index in [4.69, 9.17) is 5.73 Å². The summed E-state index contributed by atoms with van der Waals surface area (Å²) in [5.41, 5.74) is 7.72. The third kappa shape index (κ3) is 2.79. The number of fused-ring (bicyclic) bond motifs is 1. The zero-order chi connectivity index (χ0) is 14.0. The minimum atomic E-state index is -0.182. The van der Waals surface area contributed by atoms with E-state index in [1.807, 2.05) is 39.0 Å². The van der Waals surface area contributed by atoms with E-state index in [0.29, 0.717) is 6.54 Å². The summed E-state index contributed by atoms with van der Waals surface area (Å²) in [5, 5.41) is 14.7. The molecule has 0 bridgehead atoms. The second-order valence-electron chi connectivity index (χ2n) is 5.73. The van der Waals surface area contributed by atoms with Crippen LogP contribution < -0.4 is 11.1 Å². The number of aliphatic hydroxyl groups excluding tert-OH is 1. The Morgan fingerprint density at radius 2 is 2.05 bits per heavy atom. The number of nitrogens with one attached hydrogen (secondary N) is 1. The molecule has 0 aliphatic carbocycles. The zero-order valence-electron chi connectivity index (χ0n) is 11.7. The summed E-state index contributed by atoms with van der Waals surface area (Å²) >= 11 is 0. The predicted molar refractivity (Wildman–Crippen MR) is 80.2 cm³/mol. The van der Waals surface area contributed by atoms with Gasteiger partial charge in [-0.25, -0.2) is 4.98 Å². The van der Waals surface area contributed by atoms with Gasteiger partial charge in [-0.15, -0.1) is 0 Å². The summed E-state index contributed by atoms with van der Waals surface area (Å²) in [5.74, 6) is 0.823. The van der Waals surface area contributed by atoms with Crippen molar-refractivity contribution >= 4 is 22.3 Å². The normalized spacial score (nSPS) is 11.8. The third-order valence-corrected chi connectivity index (χ3v) is 3.33. The van der Waals surface area contributed by atoms with Gasteiger partial charge in [0.25, 0.3) is 0 Å². The number of nitrogens with zero attached hydrogens (tertiary/aromatic N) is 1. The van der Waals surface area contributed by atoms with Crippen molar-refractivity contribution in [2.75, 3.05) is 24.2 Å². The molecule has 2 rings (SSSR count). The third-order valence-electron chi connectivity index (χ3n) is 3.33. The number of aliphatic hydroxyl groups is 1. The number of hydrogen-bond donors (Lipinski definition) is 3. The minimum absolute atomic E-state index is 0.131. The largest absolute Gasteiger partial charge is 0.398 e. The van der Waals surface area contributed by atoms with E-state index in [0.717, 1.165) is 27.8 Å². The number of nitrogens with two attached hydrogens (primary N) is 1. The van der Waals surface area contributed by atoms with Gasteiger partial charge in [-0.1, -0.05) is 19.9 Å². The number of anilines is 2. The molecule has 0 fully saturated rings. The summed E-state index contributed by atoms with van der Waals surface area (Å²) in [7, 11) is 0. The van der Waals surface area contributed by atoms with Crippen LogP contribution in [0.3, 0.4) is 0 Å². The van der Waals surface area contributed by atoms with Crippen LogP contribution in [0.4, 0.5) is 11.5 Å². The van der Waals surface area contributed by atoms with E-state index >= 15 is 0 Å². The fraction of sp³-hybridized carbons (Fsp3) is 0.400. The van der Waals surface area contributed by atoms with Crippen LogP contribution in [0.25, 0.3) is 10.8 Å². The van der Waals surface area contributed by atoms with Crippen LogP contribution >= 0.6 is 0 Å². The Morgan fingerprint density at radius 3 is 2.74 bits per heavy atom. The van der Waals surface area contributed by atoms with E-state index in [9.17, 15) is 5.11 Å². The van der Waals surface area contributed by atoms with Crippen molar-refractivity contribution < 1.29 is 5.11 Å². The fourth-order valence-corrected chi connectivity index (χ4v) is 2.00. The average Bonchev–Trinajstić information content (AvgIpc) is 2.41. The fourth-order valence-electron chi connectivity index (χ4n) is 2.00. The lowest BCUT2D eigenvalue weighted by Gasteiger charge is -2.23. The van der Waals surface area contributed by atoms with Crippen LogP contribution in [0, 0.1) is 12.3 Å². The number of nitrogen functional groups attached to an aromatic ring is 1. The molecule has 1 heterocycles. The number of benzene rings is 1. The number of rotatable bonds is 4. The van der Waals surface area contributed by atoms with E-state index in [1.165, 1.54) is 0 Å². The number of pyridine rings is 1. The van der Waals surface area contributed by atoms with Gasteiger partial charge in [-0.2, -0.15) is 0 Å². The van der Waals surface area contributed by atoms with E-state index in [-0.39, 0.29) is 12.0 Å². The van der Waals surface area contributed by atoms with Crippen molar-refractivity contribution in [3.63, 3.8) is 0 Å². The van der Waals surface area contributed by atoms with Crippen molar-refractivity contribution in [1.82, 2.24) is 4.98 Å². The molecule has 0 saturated carbocycles. The first-order valence-corrected chi connectivity index (χ1v) is 6.43. The highest BCUT2D eigenvalue weighted by Crippen LogP contribution is 2.29. The molecule has 4 nitrogen and oxygen atoms in total. The maximum Gasteiger partial charge on any atom is 0.134 e. The lowest BCUT2D eigenvalue weighted by atomic mass is 9.95. The van der Waals surface area contributed by atoms with Gasteiger partial charge in [0, 0.05) is 41.2 Å². The molecule has 4 heteroatoms. The lowest BCUT2D eigenvalue weighted by Crippen LogP contribution is -2.27. The van der Waals surface area contributed by atoms with Gasteiger partial charge >= 0.3 is 0 Å². The minimum Gasteiger partial charge on any atom is -0.398 e. The lowest BCUT2D eigenvalue weighted by molar-refractivity contribution is 0.171. The second-order valence-corrected chi connectivity index (χ2v) is 5.73. The molecular formula is C15H21N3O. The Morgan fingerprint density at radius 1 is 1.32 bits per heavy atom. The van der Waals surface area contributed by atoms with Crippen molar-refractivity contribution in [2.45, 2.75) is 20.8 Å². The molecule has 0 spiro atoms. The Kier molecular flexibility index (Phi) is 3.62. The summed E-state index contributed by atoms with van der Waals surface area (Å²) < 4.78 is 0. The van der Waals surface area contributed by atoms with Crippen LogP contribution in [0.5, 0.6) is 0 Å². The summed E-state index contributed by atoms with van der Waals surface area (Å²) in [6, 6.07) is 5.85. The molecule has 19 heavy (non-hydrogen) atoms. The quantitative estimate of drug-likeness (QED) is 0.738. The van der Waals surface area contributed by atoms with Crippen molar-refractivity contribution in [1.29, 1.82) is 0 Å². The first kappa shape index (κ1) is 13.6. The molecule has 102 valence electrons. The highest BCUT2D eigenvalue weighted by Gasteiger charge is 2.17. The Bertz CT molecular complexity index is 593. The van der Waals surface area contributed by atoms with Gasteiger partial charge in [0.1, 0.15) is 5.82 Å². The van der Waals surface area contributed by atoms with Crippen LogP contribution in [-0.2, 0) is 0 Å². The highest BCUT2D eigenvalue weighted by molar-refractivity contribution is 6.01. The molecule has 1 aromatic carbocycles. The number of hydrogen-bond acceptors (Lipinski definition) is 4. The molecular weight excluding hydrogens is 238 g/mol. The Labute approximate surface area is 113 Å². The molecule has 0 radical (unpaired) electrons. The molecule has 4 N–H and O–H groups in total. The Hall–Kier alpha value is -1.81. The van der Waals surface area contributed by atoms with Gasteiger partial charge in [-0.05, 0) is 24.6 Å². The van der Waals surface area contributed by atoms with Gasteiger partial charge in [0.15, 0.2) is 0 Å². The SMILES string of the molecule is Cc1ccc(N)c2ccnc(NCC(C)(C)CO)c12. The second kappa shape index (κ2) is 5.05. The van der Waals surface area contributed by atoms with Crippen LogP contribution in [-0.4, -0.2) is 23.2 Å². The molecule has 2 aromatic rings. The van der Waals surface area contributed by atoms with Crippen molar-refractivity contribution in [2.24, 2.45) is 5.41 Å². The molecule has 0 atom stereocenters. The van der Waals surface area contributed by atoms with Crippen LogP contribution in [0.1, 0.15) is 19.4 Å². The van der Waals surface area contributed by atoms with Crippen LogP contribution in [0.15, 0.2) is 24.4 Å². The maximum atomic E-state index is 9.30. The van der Waals surface area contributed by atoms with Crippen molar-refractivity contribution in [3.8, 4) is 0 Å². The molecule has 0 unspecified atom stereocenters. The molecule has 0 aliphatic heterocycles. The van der Waals surface area contributed by atoms with E-state index < -0.39 is 0 Å². The summed E-state index contributed by atoms with van der Waals surface area (Å²) in [6.45, 7) is 6.85. The van der Waals surface area contributed by atoms with Gasteiger partial charge in [0.05, 0.1) is 0 Å². The van der Waals surface area contributed by atoms with Crippen LogP contribution in [0.2, 0.25) is 0 Å². The van der Waals surface area contributed by atoms with E-state index in [1.54, 1.807) is 6.20 Å². The highest BCUT2D eigenvalue weighted by atomic mass is 16.3. The first-order chi connectivity index (χ1) is 8.94. The smallest absolute Gasteiger partial charge is 0.134 e. The summed E-state index contributed by atoms with van der Waals surface area (Å²) in [6.07, 6.45) is 1.76. The standard InChI is InChI=1S/C15H21N3O/c1-10-4-5-12(16)11-6-7-17-14(13(10)11)18-8-15(2,3)9-19/h4-7,19H,8-9,16H2,1-3H3,(H,17,18). The van der Waals surface area contributed by atoms with Crippen molar-refractivity contribution in [3.05, 3.63) is 30.0 Å². The maximum absolute atomic E-state index is 9.30. The van der Waals surface area contributed by atoms with Gasteiger partial charge in [-0.3, -0.25) is 0 Å². The monoisotopic (exact) mass is 259 g/mol. The molecule has 0 amide bonds. The molecule has 0 saturated heterocycles. The predicted octanol–water partition coefficient (Wildman–Crippen LogP) is 2.56. The topological polar surface area (TPSA) is 71.2 Å². The first-order valence-electron chi connectivity index (χ1n) is 6.43.